The first kappa shape index (κ1) is 18.0. The summed E-state index contributed by atoms with van der Waals surface area (Å²) in [5.74, 6) is 0.169. The lowest BCUT2D eigenvalue weighted by molar-refractivity contribution is -0.134. The lowest BCUT2D eigenvalue weighted by Crippen LogP contribution is -2.57. The standard InChI is InChI=1S/C19H25ClN4O/c1-12-14(3)23(10-9-21-12)19(25)11-18-13(2)22-24(15(18)4)17-7-5-16(20)6-8-17/h5-8,12,14,21H,9-11H2,1-4H3. The molecule has 0 aliphatic carbocycles. The van der Waals surface area contributed by atoms with Crippen molar-refractivity contribution in [1.29, 1.82) is 0 Å². The number of amides is 1. The molecule has 0 radical (unpaired) electrons. The normalized spacial score (nSPS) is 20.8. The lowest BCUT2D eigenvalue weighted by Gasteiger charge is -2.38. The van der Waals surface area contributed by atoms with Crippen molar-refractivity contribution in [1.82, 2.24) is 20.0 Å². The molecule has 1 aromatic carbocycles. The number of nitrogens with one attached hydrogen (secondary N) is 1. The smallest absolute Gasteiger partial charge is 0.227 e. The second-order valence-electron chi connectivity index (χ2n) is 6.78. The van der Waals surface area contributed by atoms with Gasteiger partial charge in [0.1, 0.15) is 0 Å². The Kier molecular flexibility index (Phi) is 5.16. The molecule has 0 spiro atoms. The molecule has 2 unspecified atom stereocenters. The van der Waals surface area contributed by atoms with Gasteiger partial charge in [-0.15, -0.1) is 0 Å². The van der Waals surface area contributed by atoms with E-state index in [9.17, 15) is 4.79 Å². The van der Waals surface area contributed by atoms with Crippen molar-refractivity contribution in [2.24, 2.45) is 0 Å². The summed E-state index contributed by atoms with van der Waals surface area (Å²) in [6.45, 7) is 9.81. The van der Waals surface area contributed by atoms with Crippen LogP contribution in [0.5, 0.6) is 0 Å². The minimum absolute atomic E-state index is 0.169. The van der Waals surface area contributed by atoms with Crippen LogP contribution < -0.4 is 5.32 Å². The number of hydrogen-bond donors (Lipinski definition) is 1. The Bertz CT molecular complexity index is 768. The molecule has 1 aliphatic heterocycles. The molecular weight excluding hydrogens is 336 g/mol. The molecule has 2 heterocycles. The summed E-state index contributed by atoms with van der Waals surface area (Å²) in [5.41, 5.74) is 3.87. The summed E-state index contributed by atoms with van der Waals surface area (Å²) in [7, 11) is 0. The van der Waals surface area contributed by atoms with E-state index in [-0.39, 0.29) is 11.9 Å². The van der Waals surface area contributed by atoms with Gasteiger partial charge in [0.25, 0.3) is 0 Å². The highest BCUT2D eigenvalue weighted by Gasteiger charge is 2.29. The van der Waals surface area contributed by atoms with Crippen molar-refractivity contribution in [2.75, 3.05) is 13.1 Å². The topological polar surface area (TPSA) is 50.2 Å². The van der Waals surface area contributed by atoms with Gasteiger partial charge in [-0.3, -0.25) is 4.79 Å². The molecule has 5 nitrogen and oxygen atoms in total. The Balaban J connectivity index is 1.83. The van der Waals surface area contributed by atoms with Crippen molar-refractivity contribution in [3.8, 4) is 5.69 Å². The van der Waals surface area contributed by atoms with Crippen LogP contribution in [0.2, 0.25) is 5.02 Å². The highest BCUT2D eigenvalue weighted by Crippen LogP contribution is 2.21. The van der Waals surface area contributed by atoms with Gasteiger partial charge in [-0.25, -0.2) is 4.68 Å². The second kappa shape index (κ2) is 7.18. The van der Waals surface area contributed by atoms with Crippen LogP contribution in [0.3, 0.4) is 0 Å². The van der Waals surface area contributed by atoms with Crippen molar-refractivity contribution >= 4 is 17.5 Å². The molecule has 1 N–H and O–H groups in total. The van der Waals surface area contributed by atoms with Crippen LogP contribution in [-0.4, -0.2) is 45.8 Å². The van der Waals surface area contributed by atoms with E-state index < -0.39 is 0 Å². The Morgan fingerprint density at radius 3 is 2.64 bits per heavy atom. The largest absolute Gasteiger partial charge is 0.337 e. The van der Waals surface area contributed by atoms with Gasteiger partial charge in [-0.05, 0) is 52.0 Å². The number of aryl methyl sites for hydroxylation is 1. The zero-order chi connectivity index (χ0) is 18.1. The number of rotatable bonds is 3. The molecule has 1 amide bonds. The van der Waals surface area contributed by atoms with Gasteiger partial charge in [0.05, 0.1) is 17.8 Å². The fraction of sp³-hybridized carbons (Fsp3) is 0.474. The highest BCUT2D eigenvalue weighted by molar-refractivity contribution is 6.30. The zero-order valence-electron chi connectivity index (χ0n) is 15.2. The molecule has 25 heavy (non-hydrogen) atoms. The van der Waals surface area contributed by atoms with E-state index in [1.54, 1.807) is 0 Å². The summed E-state index contributed by atoms with van der Waals surface area (Å²) in [5, 5.41) is 8.74. The van der Waals surface area contributed by atoms with Gasteiger partial charge < -0.3 is 10.2 Å². The maximum atomic E-state index is 12.9. The fourth-order valence-electron chi connectivity index (χ4n) is 3.43. The van der Waals surface area contributed by atoms with Crippen LogP contribution in [-0.2, 0) is 11.2 Å². The van der Waals surface area contributed by atoms with E-state index in [1.807, 2.05) is 47.7 Å². The van der Waals surface area contributed by atoms with Crippen molar-refractivity contribution in [2.45, 2.75) is 46.2 Å². The first-order chi connectivity index (χ1) is 11.9. The first-order valence-corrected chi connectivity index (χ1v) is 9.10. The summed E-state index contributed by atoms with van der Waals surface area (Å²) in [4.78, 5) is 14.8. The second-order valence-corrected chi connectivity index (χ2v) is 7.22. The molecule has 1 fully saturated rings. The zero-order valence-corrected chi connectivity index (χ0v) is 16.0. The quantitative estimate of drug-likeness (QED) is 0.915. The van der Waals surface area contributed by atoms with Gasteiger partial charge in [0.15, 0.2) is 0 Å². The average molecular weight is 361 g/mol. The van der Waals surface area contributed by atoms with Crippen molar-refractivity contribution < 1.29 is 4.79 Å². The third kappa shape index (κ3) is 3.58. The van der Waals surface area contributed by atoms with E-state index in [0.717, 1.165) is 35.7 Å². The van der Waals surface area contributed by atoms with Gasteiger partial charge in [-0.2, -0.15) is 5.10 Å². The maximum absolute atomic E-state index is 12.9. The fourth-order valence-corrected chi connectivity index (χ4v) is 3.55. The maximum Gasteiger partial charge on any atom is 0.227 e. The van der Waals surface area contributed by atoms with Crippen LogP contribution in [0.1, 0.15) is 30.8 Å². The molecule has 6 heteroatoms. The number of carbonyl (C=O) groups excluding carboxylic acids is 1. The SMILES string of the molecule is Cc1nn(-c2ccc(Cl)cc2)c(C)c1CC(=O)N1CCNC(C)C1C. The van der Waals surface area contributed by atoms with Crippen LogP contribution >= 0.6 is 11.6 Å². The molecule has 0 saturated carbocycles. The van der Waals surface area contributed by atoms with Crippen LogP contribution in [0.4, 0.5) is 0 Å². The summed E-state index contributed by atoms with van der Waals surface area (Å²) >= 11 is 5.97. The molecule has 2 atom stereocenters. The molecule has 1 saturated heterocycles. The van der Waals surface area contributed by atoms with E-state index in [0.29, 0.717) is 17.5 Å². The van der Waals surface area contributed by atoms with Crippen molar-refractivity contribution in [3.05, 3.63) is 46.2 Å². The minimum Gasteiger partial charge on any atom is -0.337 e. The molecule has 3 rings (SSSR count). The summed E-state index contributed by atoms with van der Waals surface area (Å²) in [6.07, 6.45) is 0.391. The highest BCUT2D eigenvalue weighted by atomic mass is 35.5. The number of benzene rings is 1. The number of halogens is 1. The number of hydrogen-bond acceptors (Lipinski definition) is 3. The number of aromatic nitrogens is 2. The number of carbonyl (C=O) groups is 1. The van der Waals surface area contributed by atoms with Gasteiger partial charge in [0, 0.05) is 41.5 Å². The molecule has 134 valence electrons. The average Bonchev–Trinajstić information content (AvgIpc) is 2.86. The van der Waals surface area contributed by atoms with E-state index in [2.05, 4.69) is 24.3 Å². The van der Waals surface area contributed by atoms with Gasteiger partial charge in [0.2, 0.25) is 5.91 Å². The van der Waals surface area contributed by atoms with E-state index in [4.69, 9.17) is 11.6 Å². The minimum atomic E-state index is 0.169. The van der Waals surface area contributed by atoms with Crippen molar-refractivity contribution in [3.63, 3.8) is 0 Å². The van der Waals surface area contributed by atoms with E-state index in [1.165, 1.54) is 0 Å². The summed E-state index contributed by atoms with van der Waals surface area (Å²) < 4.78 is 1.89. The number of nitrogens with zero attached hydrogens (tertiary/aromatic N) is 3. The molecule has 0 bridgehead atoms. The third-order valence-corrected chi connectivity index (χ3v) is 5.45. The Hall–Kier alpha value is -1.85. The molecule has 1 aliphatic rings. The number of piperazine rings is 1. The van der Waals surface area contributed by atoms with Gasteiger partial charge in [-0.1, -0.05) is 11.6 Å². The Morgan fingerprint density at radius 1 is 1.28 bits per heavy atom. The summed E-state index contributed by atoms with van der Waals surface area (Å²) in [6, 6.07) is 8.09. The van der Waals surface area contributed by atoms with Crippen LogP contribution in [0, 0.1) is 13.8 Å². The van der Waals surface area contributed by atoms with Crippen LogP contribution in [0.15, 0.2) is 24.3 Å². The first-order valence-electron chi connectivity index (χ1n) is 8.72. The predicted octanol–water partition coefficient (Wildman–Crippen LogP) is 2.89. The monoisotopic (exact) mass is 360 g/mol. The van der Waals surface area contributed by atoms with Gasteiger partial charge >= 0.3 is 0 Å². The van der Waals surface area contributed by atoms with E-state index >= 15 is 0 Å². The van der Waals surface area contributed by atoms with Crippen LogP contribution in [0.25, 0.3) is 5.69 Å². The molecule has 2 aromatic rings. The molecular formula is C19H25ClN4O. The Morgan fingerprint density at radius 2 is 1.96 bits per heavy atom. The Labute approximate surface area is 154 Å². The lowest BCUT2D eigenvalue weighted by atomic mass is 10.0. The predicted molar refractivity (Wildman–Crippen MR) is 100 cm³/mol. The molecule has 1 aromatic heterocycles. The third-order valence-electron chi connectivity index (χ3n) is 5.19.